The first kappa shape index (κ1) is 14.3. The van der Waals surface area contributed by atoms with Crippen molar-refractivity contribution in [1.29, 1.82) is 0 Å². The van der Waals surface area contributed by atoms with Crippen LogP contribution in [0.15, 0.2) is 48.5 Å². The number of ether oxygens (including phenoxy) is 1. The molecule has 0 saturated heterocycles. The van der Waals surface area contributed by atoms with Crippen LogP contribution >= 0.6 is 11.3 Å². The fourth-order valence-corrected chi connectivity index (χ4v) is 2.97. The van der Waals surface area contributed by atoms with Gasteiger partial charge in [0.1, 0.15) is 10.8 Å². The van der Waals surface area contributed by atoms with Crippen LogP contribution in [-0.4, -0.2) is 18.1 Å². The number of hydrogen-bond acceptors (Lipinski definition) is 4. The zero-order valence-electron chi connectivity index (χ0n) is 12.0. The smallest absolute Gasteiger partial charge is 0.319 e. The Balaban J connectivity index is 1.62. The lowest BCUT2D eigenvalue weighted by molar-refractivity contribution is 0.251. The lowest BCUT2D eigenvalue weighted by Gasteiger charge is -2.10. The maximum Gasteiger partial charge on any atom is 0.319 e. The first-order valence-corrected chi connectivity index (χ1v) is 7.60. The first-order chi connectivity index (χ1) is 10.8. The molecule has 0 fully saturated rings. The molecule has 2 aromatic carbocycles. The molecular weight excluding hydrogens is 298 g/mol. The van der Waals surface area contributed by atoms with Crippen LogP contribution in [0.25, 0.3) is 10.2 Å². The molecule has 1 aromatic heterocycles. The molecule has 3 aromatic rings. The Morgan fingerprint density at radius 3 is 2.77 bits per heavy atom. The molecule has 6 heteroatoms. The van der Waals surface area contributed by atoms with Crippen LogP contribution in [0.1, 0.15) is 5.01 Å². The molecule has 0 aliphatic carbocycles. The molecule has 22 heavy (non-hydrogen) atoms. The van der Waals surface area contributed by atoms with Crippen molar-refractivity contribution in [2.24, 2.45) is 0 Å². The maximum absolute atomic E-state index is 12.0. The minimum atomic E-state index is -0.288. The number of urea groups is 1. The van der Waals surface area contributed by atoms with Crippen LogP contribution in [-0.2, 0) is 6.54 Å². The van der Waals surface area contributed by atoms with Crippen molar-refractivity contribution in [3.8, 4) is 5.75 Å². The van der Waals surface area contributed by atoms with Crippen LogP contribution in [0.2, 0.25) is 0 Å². The summed E-state index contributed by atoms with van der Waals surface area (Å²) in [7, 11) is 1.57. The molecule has 0 saturated carbocycles. The molecule has 2 N–H and O–H groups in total. The quantitative estimate of drug-likeness (QED) is 0.773. The summed E-state index contributed by atoms with van der Waals surface area (Å²) in [5.74, 6) is 0.623. The second-order valence-electron chi connectivity index (χ2n) is 4.58. The number of methoxy groups -OCH3 is 1. The maximum atomic E-state index is 12.0. The van der Waals surface area contributed by atoms with Crippen molar-refractivity contribution in [3.05, 3.63) is 53.5 Å². The highest BCUT2D eigenvalue weighted by Crippen LogP contribution is 2.23. The van der Waals surface area contributed by atoms with Gasteiger partial charge in [0.25, 0.3) is 0 Å². The molecule has 0 bridgehead atoms. The summed E-state index contributed by atoms with van der Waals surface area (Å²) in [6.45, 7) is 0.389. The molecule has 0 spiro atoms. The molecule has 0 aliphatic heterocycles. The van der Waals surface area contributed by atoms with Gasteiger partial charge in [0, 0.05) is 0 Å². The van der Waals surface area contributed by atoms with Crippen LogP contribution in [0, 0.1) is 0 Å². The summed E-state index contributed by atoms with van der Waals surface area (Å²) in [6.07, 6.45) is 0. The van der Waals surface area contributed by atoms with Crippen molar-refractivity contribution >= 4 is 33.3 Å². The van der Waals surface area contributed by atoms with E-state index in [-0.39, 0.29) is 6.03 Å². The van der Waals surface area contributed by atoms with Gasteiger partial charge < -0.3 is 15.4 Å². The van der Waals surface area contributed by atoms with E-state index in [1.54, 1.807) is 30.6 Å². The number of aromatic nitrogens is 1. The predicted octanol–water partition coefficient (Wildman–Crippen LogP) is 3.63. The van der Waals surface area contributed by atoms with Crippen LogP contribution < -0.4 is 15.4 Å². The van der Waals surface area contributed by atoms with E-state index in [0.29, 0.717) is 18.0 Å². The highest BCUT2D eigenvalue weighted by atomic mass is 32.1. The number of hydrogen-bond donors (Lipinski definition) is 2. The molecule has 0 atom stereocenters. The molecule has 5 nitrogen and oxygen atoms in total. The third-order valence-corrected chi connectivity index (χ3v) is 4.13. The predicted molar refractivity (Wildman–Crippen MR) is 88.5 cm³/mol. The molecule has 2 amide bonds. The number of carbonyl (C=O) groups is 1. The molecule has 3 rings (SSSR count). The van der Waals surface area contributed by atoms with Crippen LogP contribution in [0.3, 0.4) is 0 Å². The summed E-state index contributed by atoms with van der Waals surface area (Å²) in [5, 5.41) is 6.44. The van der Waals surface area contributed by atoms with Gasteiger partial charge in [0.05, 0.1) is 29.6 Å². The number of benzene rings is 2. The van der Waals surface area contributed by atoms with E-state index in [0.717, 1.165) is 15.2 Å². The highest BCUT2D eigenvalue weighted by molar-refractivity contribution is 7.18. The summed E-state index contributed by atoms with van der Waals surface area (Å²) in [6, 6.07) is 14.9. The standard InChI is InChI=1S/C16H15N3O2S/c1-21-13-8-4-2-6-11(13)19-16(20)17-10-15-18-12-7-3-5-9-14(12)22-15/h2-9H,10H2,1H3,(H2,17,19,20). The molecule has 112 valence electrons. The Hall–Kier alpha value is -2.60. The highest BCUT2D eigenvalue weighted by Gasteiger charge is 2.08. The average Bonchev–Trinajstić information content (AvgIpc) is 2.96. The van der Waals surface area contributed by atoms with E-state index in [2.05, 4.69) is 15.6 Å². The third kappa shape index (κ3) is 3.17. The summed E-state index contributed by atoms with van der Waals surface area (Å²) < 4.78 is 6.31. The molecule has 0 radical (unpaired) electrons. The van der Waals surface area contributed by atoms with E-state index < -0.39 is 0 Å². The van der Waals surface area contributed by atoms with Gasteiger partial charge in [-0.2, -0.15) is 0 Å². The van der Waals surface area contributed by atoms with E-state index in [9.17, 15) is 4.79 Å². The number of nitrogens with zero attached hydrogens (tertiary/aromatic N) is 1. The Morgan fingerprint density at radius 1 is 1.18 bits per heavy atom. The molecular formula is C16H15N3O2S. The van der Waals surface area contributed by atoms with E-state index in [1.807, 2.05) is 36.4 Å². The fraction of sp³-hybridized carbons (Fsp3) is 0.125. The lowest BCUT2D eigenvalue weighted by Crippen LogP contribution is -2.28. The Labute approximate surface area is 131 Å². The number of rotatable bonds is 4. The molecule has 0 unspecified atom stereocenters. The van der Waals surface area contributed by atoms with E-state index in [4.69, 9.17) is 4.74 Å². The van der Waals surface area contributed by atoms with Crippen molar-refractivity contribution in [2.45, 2.75) is 6.54 Å². The zero-order valence-corrected chi connectivity index (χ0v) is 12.8. The fourth-order valence-electron chi connectivity index (χ4n) is 2.07. The minimum Gasteiger partial charge on any atom is -0.495 e. The van der Waals surface area contributed by atoms with Gasteiger partial charge in [0.2, 0.25) is 0 Å². The van der Waals surface area contributed by atoms with Crippen molar-refractivity contribution in [3.63, 3.8) is 0 Å². The van der Waals surface area contributed by atoms with E-state index in [1.165, 1.54) is 0 Å². The topological polar surface area (TPSA) is 63.2 Å². The van der Waals surface area contributed by atoms with Gasteiger partial charge in [-0.05, 0) is 24.3 Å². The number of thiazole rings is 1. The second kappa shape index (κ2) is 6.44. The van der Waals surface area contributed by atoms with Crippen LogP contribution in [0.5, 0.6) is 5.75 Å². The van der Waals surface area contributed by atoms with Gasteiger partial charge >= 0.3 is 6.03 Å². The molecule has 1 heterocycles. The van der Waals surface area contributed by atoms with Gasteiger partial charge in [-0.1, -0.05) is 24.3 Å². The van der Waals surface area contributed by atoms with E-state index >= 15 is 0 Å². The number of nitrogens with one attached hydrogen (secondary N) is 2. The minimum absolute atomic E-state index is 0.288. The Morgan fingerprint density at radius 2 is 1.95 bits per heavy atom. The summed E-state index contributed by atoms with van der Waals surface area (Å²) >= 11 is 1.57. The number of amides is 2. The molecule has 0 aliphatic rings. The van der Waals surface area contributed by atoms with Gasteiger partial charge in [-0.15, -0.1) is 11.3 Å². The SMILES string of the molecule is COc1ccccc1NC(=O)NCc1nc2ccccc2s1. The number of para-hydroxylation sites is 3. The second-order valence-corrected chi connectivity index (χ2v) is 5.70. The zero-order chi connectivity index (χ0) is 15.4. The average molecular weight is 313 g/mol. The Bertz CT molecular complexity index is 768. The van der Waals surface area contributed by atoms with Gasteiger partial charge in [-0.25, -0.2) is 9.78 Å². The normalized spacial score (nSPS) is 10.4. The number of anilines is 1. The number of carbonyl (C=O) groups excluding carboxylic acids is 1. The number of fused-ring (bicyclic) bond motifs is 1. The lowest BCUT2D eigenvalue weighted by atomic mass is 10.3. The van der Waals surface area contributed by atoms with Gasteiger partial charge in [-0.3, -0.25) is 0 Å². The van der Waals surface area contributed by atoms with Crippen LogP contribution in [0.4, 0.5) is 10.5 Å². The summed E-state index contributed by atoms with van der Waals surface area (Å²) in [5.41, 5.74) is 1.58. The van der Waals surface area contributed by atoms with Crippen molar-refractivity contribution in [2.75, 3.05) is 12.4 Å². The summed E-state index contributed by atoms with van der Waals surface area (Å²) in [4.78, 5) is 16.4. The first-order valence-electron chi connectivity index (χ1n) is 6.78. The largest absolute Gasteiger partial charge is 0.495 e. The van der Waals surface area contributed by atoms with Gasteiger partial charge in [0.15, 0.2) is 0 Å². The Kier molecular flexibility index (Phi) is 4.20. The van der Waals surface area contributed by atoms with Crippen molar-refractivity contribution in [1.82, 2.24) is 10.3 Å². The monoisotopic (exact) mass is 313 g/mol. The third-order valence-electron chi connectivity index (χ3n) is 3.09. The van der Waals surface area contributed by atoms with Crippen molar-refractivity contribution < 1.29 is 9.53 Å².